The molecule has 0 radical (unpaired) electrons. The molecular formula is C15H25N3O2. The highest BCUT2D eigenvalue weighted by Gasteiger charge is 2.25. The van der Waals surface area contributed by atoms with Gasteiger partial charge in [-0.15, -0.1) is 0 Å². The SMILES string of the molecule is CCCCN(CCCC)C(=O)c1n[nH]c2c1COCC2. The molecule has 1 amide bonds. The Morgan fingerprint density at radius 2 is 2.00 bits per heavy atom. The molecule has 112 valence electrons. The first-order valence-corrected chi connectivity index (χ1v) is 7.71. The second kappa shape index (κ2) is 7.43. The molecule has 2 rings (SSSR count). The smallest absolute Gasteiger partial charge is 0.274 e. The lowest BCUT2D eigenvalue weighted by Crippen LogP contribution is -2.34. The molecule has 5 heteroatoms. The molecule has 0 bridgehead atoms. The minimum absolute atomic E-state index is 0.0508. The lowest BCUT2D eigenvalue weighted by Gasteiger charge is -2.22. The van der Waals surface area contributed by atoms with E-state index in [4.69, 9.17) is 4.74 Å². The molecule has 5 nitrogen and oxygen atoms in total. The van der Waals surface area contributed by atoms with Crippen molar-refractivity contribution in [2.75, 3.05) is 19.7 Å². The van der Waals surface area contributed by atoms with Gasteiger partial charge in [-0.25, -0.2) is 0 Å². The van der Waals surface area contributed by atoms with Gasteiger partial charge in [-0.2, -0.15) is 5.10 Å². The van der Waals surface area contributed by atoms with E-state index < -0.39 is 0 Å². The number of H-pyrrole nitrogens is 1. The van der Waals surface area contributed by atoms with Gasteiger partial charge < -0.3 is 9.64 Å². The topological polar surface area (TPSA) is 58.2 Å². The van der Waals surface area contributed by atoms with Crippen LogP contribution in [0.4, 0.5) is 0 Å². The van der Waals surface area contributed by atoms with Crippen molar-refractivity contribution in [3.05, 3.63) is 17.0 Å². The van der Waals surface area contributed by atoms with Crippen LogP contribution < -0.4 is 0 Å². The van der Waals surface area contributed by atoms with Crippen LogP contribution in [0.15, 0.2) is 0 Å². The quantitative estimate of drug-likeness (QED) is 0.834. The minimum atomic E-state index is 0.0508. The highest BCUT2D eigenvalue weighted by Crippen LogP contribution is 2.19. The van der Waals surface area contributed by atoms with E-state index in [0.717, 1.165) is 56.5 Å². The first kappa shape index (κ1) is 15.0. The number of hydrogen-bond donors (Lipinski definition) is 1. The van der Waals surface area contributed by atoms with E-state index in [0.29, 0.717) is 18.9 Å². The molecular weight excluding hydrogens is 254 g/mol. The van der Waals surface area contributed by atoms with Crippen molar-refractivity contribution in [1.29, 1.82) is 0 Å². The lowest BCUT2D eigenvalue weighted by molar-refractivity contribution is 0.0731. The zero-order chi connectivity index (χ0) is 14.4. The number of ether oxygens (including phenoxy) is 1. The van der Waals surface area contributed by atoms with Crippen LogP contribution in [0.2, 0.25) is 0 Å². The van der Waals surface area contributed by atoms with Gasteiger partial charge in [-0.1, -0.05) is 26.7 Å². The standard InChI is InChI=1S/C15H25N3O2/c1-3-5-8-18(9-6-4-2)15(19)14-12-11-20-10-7-13(12)16-17-14/h3-11H2,1-2H3,(H,16,17). The Bertz CT molecular complexity index is 434. The molecule has 0 saturated carbocycles. The van der Waals surface area contributed by atoms with Crippen LogP contribution in [0, 0.1) is 0 Å². The van der Waals surface area contributed by atoms with Crippen molar-refractivity contribution < 1.29 is 9.53 Å². The summed E-state index contributed by atoms with van der Waals surface area (Å²) >= 11 is 0. The maximum atomic E-state index is 12.7. The number of fused-ring (bicyclic) bond motifs is 1. The third kappa shape index (κ3) is 3.39. The van der Waals surface area contributed by atoms with Crippen LogP contribution in [0.3, 0.4) is 0 Å². The summed E-state index contributed by atoms with van der Waals surface area (Å²) in [5.41, 5.74) is 2.58. The van der Waals surface area contributed by atoms with Gasteiger partial charge in [-0.05, 0) is 12.8 Å². The Balaban J connectivity index is 2.11. The van der Waals surface area contributed by atoms with Gasteiger partial charge >= 0.3 is 0 Å². The number of unbranched alkanes of at least 4 members (excludes halogenated alkanes) is 2. The molecule has 1 aliphatic heterocycles. The largest absolute Gasteiger partial charge is 0.376 e. The first-order chi connectivity index (χ1) is 9.77. The number of amides is 1. The van der Waals surface area contributed by atoms with E-state index in [9.17, 15) is 4.79 Å². The Labute approximate surface area is 120 Å². The number of aromatic amines is 1. The second-order valence-corrected chi connectivity index (χ2v) is 5.33. The molecule has 2 heterocycles. The summed E-state index contributed by atoms with van der Waals surface area (Å²) in [6.45, 7) is 7.13. The van der Waals surface area contributed by atoms with E-state index in [2.05, 4.69) is 24.0 Å². The summed E-state index contributed by atoms with van der Waals surface area (Å²) in [4.78, 5) is 14.6. The molecule has 1 aromatic heterocycles. The van der Waals surface area contributed by atoms with Crippen molar-refractivity contribution in [2.45, 2.75) is 52.6 Å². The van der Waals surface area contributed by atoms with Gasteiger partial charge in [-0.3, -0.25) is 9.89 Å². The van der Waals surface area contributed by atoms with Crippen LogP contribution in [0.5, 0.6) is 0 Å². The number of carbonyl (C=O) groups excluding carboxylic acids is 1. The zero-order valence-corrected chi connectivity index (χ0v) is 12.6. The van der Waals surface area contributed by atoms with Crippen molar-refractivity contribution in [2.24, 2.45) is 0 Å². The normalized spacial score (nSPS) is 14.1. The fourth-order valence-electron chi connectivity index (χ4n) is 2.45. The Kier molecular flexibility index (Phi) is 5.59. The van der Waals surface area contributed by atoms with Gasteiger partial charge in [0.15, 0.2) is 5.69 Å². The van der Waals surface area contributed by atoms with E-state index in [1.165, 1.54) is 0 Å². The predicted molar refractivity (Wildman–Crippen MR) is 77.7 cm³/mol. The Morgan fingerprint density at radius 3 is 2.65 bits per heavy atom. The minimum Gasteiger partial charge on any atom is -0.376 e. The van der Waals surface area contributed by atoms with Gasteiger partial charge in [0, 0.05) is 30.8 Å². The summed E-state index contributed by atoms with van der Waals surface area (Å²) in [5, 5.41) is 7.24. The Morgan fingerprint density at radius 1 is 1.30 bits per heavy atom. The van der Waals surface area contributed by atoms with Crippen LogP contribution in [-0.2, 0) is 17.8 Å². The fraction of sp³-hybridized carbons (Fsp3) is 0.733. The molecule has 1 aliphatic rings. The number of nitrogens with zero attached hydrogens (tertiary/aromatic N) is 2. The van der Waals surface area contributed by atoms with Crippen molar-refractivity contribution in [3.63, 3.8) is 0 Å². The molecule has 1 aromatic rings. The van der Waals surface area contributed by atoms with Crippen LogP contribution in [0.25, 0.3) is 0 Å². The molecule has 0 aliphatic carbocycles. The number of aromatic nitrogens is 2. The van der Waals surface area contributed by atoms with Crippen LogP contribution >= 0.6 is 0 Å². The third-order valence-electron chi connectivity index (χ3n) is 3.75. The van der Waals surface area contributed by atoms with Crippen molar-refractivity contribution >= 4 is 5.91 Å². The molecule has 1 N–H and O–H groups in total. The molecule has 20 heavy (non-hydrogen) atoms. The molecule has 0 aromatic carbocycles. The molecule has 0 fully saturated rings. The molecule has 0 saturated heterocycles. The van der Waals surface area contributed by atoms with Gasteiger partial charge in [0.2, 0.25) is 0 Å². The van der Waals surface area contributed by atoms with E-state index in [1.54, 1.807) is 0 Å². The van der Waals surface area contributed by atoms with Gasteiger partial charge in [0.1, 0.15) is 0 Å². The lowest BCUT2D eigenvalue weighted by atomic mass is 10.1. The summed E-state index contributed by atoms with van der Waals surface area (Å²) in [5.74, 6) is 0.0508. The predicted octanol–water partition coefficient (Wildman–Crippen LogP) is 2.52. The third-order valence-corrected chi connectivity index (χ3v) is 3.75. The molecule has 0 spiro atoms. The number of nitrogens with one attached hydrogen (secondary N) is 1. The van der Waals surface area contributed by atoms with E-state index in [1.807, 2.05) is 4.90 Å². The summed E-state index contributed by atoms with van der Waals surface area (Å²) in [6, 6.07) is 0. The van der Waals surface area contributed by atoms with Gasteiger partial charge in [0.05, 0.1) is 13.2 Å². The monoisotopic (exact) mass is 279 g/mol. The highest BCUT2D eigenvalue weighted by atomic mass is 16.5. The summed E-state index contributed by atoms with van der Waals surface area (Å²) < 4.78 is 5.46. The van der Waals surface area contributed by atoms with E-state index in [-0.39, 0.29) is 5.91 Å². The average Bonchev–Trinajstić information content (AvgIpc) is 2.91. The van der Waals surface area contributed by atoms with E-state index >= 15 is 0 Å². The van der Waals surface area contributed by atoms with Crippen molar-refractivity contribution in [3.8, 4) is 0 Å². The molecule has 0 unspecified atom stereocenters. The fourth-order valence-corrected chi connectivity index (χ4v) is 2.45. The van der Waals surface area contributed by atoms with Crippen molar-refractivity contribution in [1.82, 2.24) is 15.1 Å². The maximum absolute atomic E-state index is 12.7. The number of hydrogen-bond acceptors (Lipinski definition) is 3. The first-order valence-electron chi connectivity index (χ1n) is 7.71. The second-order valence-electron chi connectivity index (χ2n) is 5.33. The summed E-state index contributed by atoms with van der Waals surface area (Å²) in [6.07, 6.45) is 5.09. The van der Waals surface area contributed by atoms with Crippen LogP contribution in [0.1, 0.15) is 61.3 Å². The maximum Gasteiger partial charge on any atom is 0.274 e. The van der Waals surface area contributed by atoms with Gasteiger partial charge in [0.25, 0.3) is 5.91 Å². The number of rotatable bonds is 7. The average molecular weight is 279 g/mol. The summed E-state index contributed by atoms with van der Waals surface area (Å²) in [7, 11) is 0. The Hall–Kier alpha value is -1.36. The molecule has 0 atom stereocenters. The number of carbonyl (C=O) groups is 1. The van der Waals surface area contributed by atoms with Crippen LogP contribution in [-0.4, -0.2) is 40.7 Å². The zero-order valence-electron chi connectivity index (χ0n) is 12.6. The highest BCUT2D eigenvalue weighted by molar-refractivity contribution is 5.94.